The molecule has 0 radical (unpaired) electrons. The topological polar surface area (TPSA) is 34.4 Å². The van der Waals surface area contributed by atoms with Crippen LogP contribution in [0.1, 0.15) is 31.3 Å². The van der Waals surface area contributed by atoms with Gasteiger partial charge in [0.15, 0.2) is 10.7 Å². The van der Waals surface area contributed by atoms with E-state index in [2.05, 4.69) is 4.98 Å². The molecule has 3 aromatic rings. The van der Waals surface area contributed by atoms with Crippen molar-refractivity contribution >= 4 is 22.1 Å². The average Bonchev–Trinajstić information content (AvgIpc) is 2.97. The lowest BCUT2D eigenvalue weighted by atomic mass is 9.87. The van der Waals surface area contributed by atoms with Crippen LogP contribution in [0, 0.1) is 5.41 Å². The first kappa shape index (κ1) is 13.1. The van der Waals surface area contributed by atoms with Gasteiger partial charge < -0.3 is 0 Å². The third kappa shape index (κ3) is 2.06. The van der Waals surface area contributed by atoms with Crippen LogP contribution in [0.3, 0.4) is 0 Å². The first-order chi connectivity index (χ1) is 9.48. The van der Waals surface area contributed by atoms with Crippen LogP contribution >= 0.6 is 11.3 Å². The molecule has 102 valence electrons. The molecule has 4 heteroatoms. The minimum atomic E-state index is -0.429. The highest BCUT2D eigenvalue weighted by Crippen LogP contribution is 2.31. The van der Waals surface area contributed by atoms with Crippen molar-refractivity contribution in [3.8, 4) is 11.3 Å². The quantitative estimate of drug-likeness (QED) is 0.658. The van der Waals surface area contributed by atoms with E-state index in [0.717, 1.165) is 16.2 Å². The van der Waals surface area contributed by atoms with Crippen LogP contribution in [-0.2, 0) is 0 Å². The number of thiazole rings is 1. The van der Waals surface area contributed by atoms with Gasteiger partial charge in [-0.3, -0.25) is 9.20 Å². The Labute approximate surface area is 121 Å². The van der Waals surface area contributed by atoms with E-state index >= 15 is 0 Å². The molecule has 0 aliphatic carbocycles. The van der Waals surface area contributed by atoms with Crippen LogP contribution in [-0.4, -0.2) is 15.2 Å². The summed E-state index contributed by atoms with van der Waals surface area (Å²) in [6, 6.07) is 9.88. The predicted molar refractivity (Wildman–Crippen MR) is 82.3 cm³/mol. The van der Waals surface area contributed by atoms with E-state index < -0.39 is 5.41 Å². The number of carbonyl (C=O) groups is 1. The lowest BCUT2D eigenvalue weighted by Crippen LogP contribution is -2.22. The first-order valence-electron chi connectivity index (χ1n) is 6.54. The number of nitrogens with zero attached hydrogens (tertiary/aromatic N) is 2. The molecule has 0 amide bonds. The number of hydrogen-bond donors (Lipinski definition) is 0. The Morgan fingerprint density at radius 1 is 1.20 bits per heavy atom. The van der Waals surface area contributed by atoms with Crippen LogP contribution in [0.15, 0.2) is 41.9 Å². The molecule has 20 heavy (non-hydrogen) atoms. The van der Waals surface area contributed by atoms with Gasteiger partial charge in [0, 0.05) is 22.6 Å². The molecule has 3 rings (SSSR count). The summed E-state index contributed by atoms with van der Waals surface area (Å²) in [6.07, 6.45) is 1.92. The molecule has 0 saturated heterocycles. The molecule has 0 atom stereocenters. The number of benzene rings is 1. The molecule has 1 aromatic carbocycles. The smallest absolute Gasteiger partial charge is 0.194 e. The fraction of sp³-hybridized carbons (Fsp3) is 0.250. The van der Waals surface area contributed by atoms with E-state index in [-0.39, 0.29) is 5.78 Å². The summed E-state index contributed by atoms with van der Waals surface area (Å²) >= 11 is 1.54. The van der Waals surface area contributed by atoms with Crippen molar-refractivity contribution in [2.45, 2.75) is 20.8 Å². The Bertz CT molecular complexity index is 763. The van der Waals surface area contributed by atoms with Crippen LogP contribution < -0.4 is 0 Å². The molecule has 0 saturated carbocycles. The largest absolute Gasteiger partial charge is 0.292 e. The van der Waals surface area contributed by atoms with Crippen molar-refractivity contribution in [3.05, 3.63) is 47.6 Å². The Balaban J connectivity index is 2.28. The Kier molecular flexibility index (Phi) is 2.98. The predicted octanol–water partition coefficient (Wildman–Crippen LogP) is 4.29. The number of hydrogen-bond acceptors (Lipinski definition) is 3. The Morgan fingerprint density at radius 2 is 1.90 bits per heavy atom. The van der Waals surface area contributed by atoms with Crippen LogP contribution in [0.2, 0.25) is 0 Å². The Morgan fingerprint density at radius 3 is 2.55 bits per heavy atom. The maximum atomic E-state index is 12.8. The maximum absolute atomic E-state index is 12.8. The van der Waals surface area contributed by atoms with Gasteiger partial charge >= 0.3 is 0 Å². The van der Waals surface area contributed by atoms with Gasteiger partial charge in [-0.1, -0.05) is 51.1 Å². The van der Waals surface area contributed by atoms with Crippen molar-refractivity contribution in [2.75, 3.05) is 0 Å². The zero-order valence-corrected chi connectivity index (χ0v) is 12.6. The van der Waals surface area contributed by atoms with E-state index in [1.54, 1.807) is 11.3 Å². The van der Waals surface area contributed by atoms with Gasteiger partial charge in [-0.2, -0.15) is 0 Å². The zero-order valence-electron chi connectivity index (χ0n) is 11.8. The van der Waals surface area contributed by atoms with E-state index in [9.17, 15) is 4.79 Å². The van der Waals surface area contributed by atoms with E-state index in [1.807, 2.05) is 67.1 Å². The molecule has 3 nitrogen and oxygen atoms in total. The van der Waals surface area contributed by atoms with Gasteiger partial charge in [-0.15, -0.1) is 11.3 Å². The van der Waals surface area contributed by atoms with Gasteiger partial charge in [-0.05, 0) is 0 Å². The van der Waals surface area contributed by atoms with E-state index in [1.165, 1.54) is 0 Å². The lowest BCUT2D eigenvalue weighted by Gasteiger charge is -2.16. The summed E-state index contributed by atoms with van der Waals surface area (Å²) in [6.45, 7) is 5.82. The molecule has 2 heterocycles. The third-order valence-corrected chi connectivity index (χ3v) is 3.96. The minimum Gasteiger partial charge on any atom is -0.292 e. The standard InChI is InChI=1S/C16H16N2OS/c1-16(2,3)14(19)13-12(11-7-5-4-6-8-11)17-15-18(13)9-10-20-15/h4-10H,1-3H3. The average molecular weight is 284 g/mol. The summed E-state index contributed by atoms with van der Waals surface area (Å²) in [5, 5.41) is 1.95. The van der Waals surface area contributed by atoms with Crippen molar-refractivity contribution in [3.63, 3.8) is 0 Å². The monoisotopic (exact) mass is 284 g/mol. The normalized spacial score (nSPS) is 11.9. The second kappa shape index (κ2) is 4.56. The molecular formula is C16H16N2OS. The van der Waals surface area contributed by atoms with Crippen LogP contribution in [0.25, 0.3) is 16.2 Å². The van der Waals surface area contributed by atoms with Gasteiger partial charge in [0.05, 0.1) is 0 Å². The van der Waals surface area contributed by atoms with Gasteiger partial charge in [0.1, 0.15) is 11.4 Å². The van der Waals surface area contributed by atoms with Crippen LogP contribution in [0.4, 0.5) is 0 Å². The molecule has 2 aromatic heterocycles. The van der Waals surface area contributed by atoms with E-state index in [4.69, 9.17) is 0 Å². The fourth-order valence-electron chi connectivity index (χ4n) is 2.16. The SMILES string of the molecule is CC(C)(C)C(=O)c1c(-c2ccccc2)nc2sccn12. The van der Waals surface area contributed by atoms with Crippen molar-refractivity contribution in [1.29, 1.82) is 0 Å². The summed E-state index contributed by atoms with van der Waals surface area (Å²) < 4.78 is 1.90. The highest BCUT2D eigenvalue weighted by molar-refractivity contribution is 7.15. The fourth-order valence-corrected chi connectivity index (χ4v) is 2.87. The molecule has 0 bridgehead atoms. The van der Waals surface area contributed by atoms with Gasteiger partial charge in [0.2, 0.25) is 0 Å². The number of ketones is 1. The molecule has 0 aliphatic heterocycles. The van der Waals surface area contributed by atoms with Crippen molar-refractivity contribution in [2.24, 2.45) is 5.41 Å². The second-order valence-electron chi connectivity index (χ2n) is 5.81. The molecular weight excluding hydrogens is 268 g/mol. The zero-order chi connectivity index (χ0) is 14.3. The molecule has 0 fully saturated rings. The highest BCUT2D eigenvalue weighted by Gasteiger charge is 2.29. The molecule has 0 unspecified atom stereocenters. The number of carbonyl (C=O) groups excluding carboxylic acids is 1. The maximum Gasteiger partial charge on any atom is 0.194 e. The number of imidazole rings is 1. The highest BCUT2D eigenvalue weighted by atomic mass is 32.1. The van der Waals surface area contributed by atoms with Gasteiger partial charge in [-0.25, -0.2) is 4.98 Å². The molecule has 0 N–H and O–H groups in total. The first-order valence-corrected chi connectivity index (χ1v) is 7.42. The third-order valence-electron chi connectivity index (χ3n) is 3.21. The summed E-state index contributed by atoms with van der Waals surface area (Å²) in [5.41, 5.74) is 2.01. The van der Waals surface area contributed by atoms with Crippen molar-refractivity contribution < 1.29 is 4.79 Å². The second-order valence-corrected chi connectivity index (χ2v) is 6.68. The summed E-state index contributed by atoms with van der Waals surface area (Å²) in [4.78, 5) is 18.3. The van der Waals surface area contributed by atoms with Crippen molar-refractivity contribution in [1.82, 2.24) is 9.38 Å². The van der Waals surface area contributed by atoms with Gasteiger partial charge in [0.25, 0.3) is 0 Å². The lowest BCUT2D eigenvalue weighted by molar-refractivity contribution is 0.0853. The Hall–Kier alpha value is -1.94. The summed E-state index contributed by atoms with van der Waals surface area (Å²) in [7, 11) is 0. The summed E-state index contributed by atoms with van der Waals surface area (Å²) in [5.74, 6) is 0.113. The van der Waals surface area contributed by atoms with Crippen LogP contribution in [0.5, 0.6) is 0 Å². The number of Topliss-reactive ketones (excluding diaryl/α,β-unsaturated/α-hetero) is 1. The number of fused-ring (bicyclic) bond motifs is 1. The van der Waals surface area contributed by atoms with E-state index in [0.29, 0.717) is 5.69 Å². The minimum absolute atomic E-state index is 0.113. The number of aromatic nitrogens is 2. The molecule has 0 aliphatic rings. The number of rotatable bonds is 2. The molecule has 0 spiro atoms.